The lowest BCUT2D eigenvalue weighted by molar-refractivity contribution is -0.486. The summed E-state index contributed by atoms with van der Waals surface area (Å²) in [5, 5.41) is 17.3. The molecule has 0 fully saturated rings. The van der Waals surface area contributed by atoms with E-state index in [0.29, 0.717) is 0 Å². The van der Waals surface area contributed by atoms with E-state index in [0.717, 1.165) is 0 Å². The number of rotatable bonds is 14. The highest BCUT2D eigenvalue weighted by Crippen LogP contribution is 2.68. The average Bonchev–Trinajstić information content (AvgIpc) is 2.93. The Labute approximate surface area is 266 Å². The number of benzene rings is 1. The van der Waals surface area contributed by atoms with Crippen molar-refractivity contribution in [2.24, 2.45) is 0 Å². The summed E-state index contributed by atoms with van der Waals surface area (Å²) in [6.45, 7) is 0. The summed E-state index contributed by atoms with van der Waals surface area (Å²) >= 11 is 0. The molecule has 0 saturated carbocycles. The molecule has 308 valence electrons. The van der Waals surface area contributed by atoms with Crippen molar-refractivity contribution >= 4 is 11.9 Å². The third kappa shape index (κ3) is 5.83. The van der Waals surface area contributed by atoms with Gasteiger partial charge in [-0.1, -0.05) is 0 Å². The Balaban J connectivity index is 4.08. The molecule has 0 spiro atoms. The van der Waals surface area contributed by atoms with Gasteiger partial charge in [-0.3, -0.25) is 0 Å². The zero-order valence-corrected chi connectivity index (χ0v) is 22.7. The van der Waals surface area contributed by atoms with Crippen LogP contribution in [0.3, 0.4) is 0 Å². The van der Waals surface area contributed by atoms with E-state index in [1.807, 2.05) is 0 Å². The quantitative estimate of drug-likeness (QED) is 0.144. The van der Waals surface area contributed by atoms with Gasteiger partial charge in [-0.25, -0.2) is 22.8 Å². The third-order valence-electron chi connectivity index (χ3n) is 6.21. The van der Waals surface area contributed by atoms with Crippen molar-refractivity contribution < 1.29 is 147 Å². The first-order chi connectivity index (χ1) is 22.7. The van der Waals surface area contributed by atoms with Crippen LogP contribution in [0.2, 0.25) is 0 Å². The van der Waals surface area contributed by atoms with Crippen LogP contribution in [-0.2, 0) is 0 Å². The zero-order chi connectivity index (χ0) is 43.3. The molecule has 5 nitrogen and oxygen atoms in total. The molecule has 53 heavy (non-hydrogen) atoms. The molecular weight excluding hydrogens is 852 g/mol. The normalized spacial score (nSPS) is 15.5. The lowest BCUT2D eigenvalue weighted by atomic mass is 9.85. The second-order valence-electron chi connectivity index (χ2n) is 9.49. The lowest BCUT2D eigenvalue weighted by Crippen LogP contribution is -2.78. The van der Waals surface area contributed by atoms with Gasteiger partial charge in [0, 0.05) is 0 Å². The maximum absolute atomic E-state index is 14.2. The number of carboxylic acid groups (broad SMARTS) is 2. The van der Waals surface area contributed by atoms with E-state index in [2.05, 4.69) is 4.74 Å². The first-order valence-electron chi connectivity index (χ1n) is 11.3. The SMILES string of the molecule is O=C(O)c1c(F)c(F)c(F)c(C(=O)O)c1OC(F)(F)C(F)(F)C(F)(F)C(F)(F)C(F)(F)C(F)(F)C(F)(F)C(F)(F)C(F)(F)C(F)(F)C(F)(F)C(F)(F)F. The summed E-state index contributed by atoms with van der Waals surface area (Å²) in [5.41, 5.74) is -6.64. The Kier molecular flexibility index (Phi) is 10.9. The molecule has 0 aliphatic heterocycles. The summed E-state index contributed by atoms with van der Waals surface area (Å²) in [6.07, 6.45) is -16.6. The molecule has 0 saturated heterocycles. The van der Waals surface area contributed by atoms with Crippen molar-refractivity contribution in [1.82, 2.24) is 0 Å². The summed E-state index contributed by atoms with van der Waals surface area (Å²) < 4.78 is 382. The Bertz CT molecular complexity index is 1580. The monoisotopic (exact) mass is 854 g/mol. The standard InChI is InChI=1S/C20H2F28O5/c21-3-1(7(49)50)6(2(8(51)52)4(22)5(3)23)53-20(47,48)18(42,43)16(38,39)14(34,35)12(30,31)10(26,27)9(24,25)11(28,29)13(32,33)15(36,37)17(40,41)19(44,45)46/h(H,49,50)(H,51,52). The largest absolute Gasteiger partial charge is 0.477 e. The average molecular weight is 854 g/mol. The molecule has 0 bridgehead atoms. The molecule has 0 aromatic heterocycles. The number of alkyl halides is 25. The number of ether oxygens (including phenoxy) is 1. The Morgan fingerprint density at radius 2 is 0.566 bits per heavy atom. The maximum Gasteiger partial charge on any atom is 0.471 e. The maximum atomic E-state index is 14.2. The van der Waals surface area contributed by atoms with Crippen molar-refractivity contribution in [2.75, 3.05) is 0 Å². The molecule has 1 aromatic rings. The molecular formula is C20H2F28O5. The molecule has 0 radical (unpaired) electrons. The summed E-state index contributed by atoms with van der Waals surface area (Å²) in [6, 6.07) is 0. The topological polar surface area (TPSA) is 83.8 Å². The van der Waals surface area contributed by atoms with Gasteiger partial charge >= 0.3 is 83.4 Å². The minimum atomic E-state index is -9.92. The highest BCUT2D eigenvalue weighted by atomic mass is 19.4. The van der Waals surface area contributed by atoms with Crippen LogP contribution >= 0.6 is 0 Å². The van der Waals surface area contributed by atoms with E-state index in [9.17, 15) is 133 Å². The minimum Gasteiger partial charge on any atom is -0.477 e. The Hall–Kier alpha value is -4.00. The Morgan fingerprint density at radius 1 is 0.358 bits per heavy atom. The van der Waals surface area contributed by atoms with E-state index >= 15 is 0 Å². The molecule has 0 unspecified atom stereocenters. The molecule has 0 heterocycles. The summed E-state index contributed by atoms with van der Waals surface area (Å²) in [7, 11) is 0. The molecule has 1 rings (SSSR count). The summed E-state index contributed by atoms with van der Waals surface area (Å²) in [5.74, 6) is -117. The smallest absolute Gasteiger partial charge is 0.471 e. The van der Waals surface area contributed by atoms with Gasteiger partial charge in [0.05, 0.1) is 0 Å². The second kappa shape index (κ2) is 12.3. The van der Waals surface area contributed by atoms with Crippen molar-refractivity contribution in [3.05, 3.63) is 28.6 Å². The predicted octanol–water partition coefficient (Wildman–Crippen LogP) is 9.39. The predicted molar refractivity (Wildman–Crippen MR) is 101 cm³/mol. The molecule has 1 aromatic carbocycles. The highest BCUT2D eigenvalue weighted by molar-refractivity contribution is 5.99. The van der Waals surface area contributed by atoms with Gasteiger partial charge in [0.15, 0.2) is 23.2 Å². The first kappa shape index (κ1) is 47.0. The number of aromatic carboxylic acids is 2. The number of hydrogen-bond donors (Lipinski definition) is 2. The van der Waals surface area contributed by atoms with Crippen LogP contribution in [-0.4, -0.2) is 93.7 Å². The fourth-order valence-electron chi connectivity index (χ4n) is 3.25. The van der Waals surface area contributed by atoms with Gasteiger partial charge in [-0.2, -0.15) is 110 Å². The van der Waals surface area contributed by atoms with Crippen molar-refractivity contribution in [1.29, 1.82) is 0 Å². The van der Waals surface area contributed by atoms with Crippen molar-refractivity contribution in [3.8, 4) is 5.75 Å². The molecule has 2 N–H and O–H groups in total. The molecule has 0 atom stereocenters. The van der Waals surface area contributed by atoms with Crippen LogP contribution in [0.15, 0.2) is 0 Å². The molecule has 0 aliphatic carbocycles. The van der Waals surface area contributed by atoms with Gasteiger partial charge < -0.3 is 14.9 Å². The second-order valence-corrected chi connectivity index (χ2v) is 9.49. The van der Waals surface area contributed by atoms with Crippen LogP contribution in [0.1, 0.15) is 20.7 Å². The molecule has 0 amide bonds. The number of hydrogen-bond acceptors (Lipinski definition) is 3. The van der Waals surface area contributed by atoms with Crippen molar-refractivity contribution in [2.45, 2.75) is 71.5 Å². The first-order valence-corrected chi connectivity index (χ1v) is 11.3. The number of halogens is 28. The van der Waals surface area contributed by atoms with Crippen molar-refractivity contribution in [3.63, 3.8) is 0 Å². The van der Waals surface area contributed by atoms with E-state index in [1.54, 1.807) is 0 Å². The van der Waals surface area contributed by atoms with Gasteiger partial charge in [0.2, 0.25) is 0 Å². The van der Waals surface area contributed by atoms with E-state index < -0.39 is 118 Å². The minimum absolute atomic E-state index is 2.26. The number of carbonyl (C=O) groups is 2. The number of carboxylic acids is 2. The zero-order valence-electron chi connectivity index (χ0n) is 22.7. The third-order valence-corrected chi connectivity index (χ3v) is 6.21. The van der Waals surface area contributed by atoms with E-state index in [-0.39, 0.29) is 0 Å². The van der Waals surface area contributed by atoms with Crippen LogP contribution in [0.4, 0.5) is 123 Å². The van der Waals surface area contributed by atoms with Gasteiger partial charge in [-0.15, -0.1) is 0 Å². The van der Waals surface area contributed by atoms with Crippen LogP contribution in [0, 0.1) is 17.5 Å². The van der Waals surface area contributed by atoms with Crippen LogP contribution in [0.25, 0.3) is 0 Å². The van der Waals surface area contributed by atoms with Gasteiger partial charge in [0.25, 0.3) is 0 Å². The van der Waals surface area contributed by atoms with Gasteiger partial charge in [-0.05, 0) is 0 Å². The van der Waals surface area contributed by atoms with E-state index in [1.165, 1.54) is 0 Å². The van der Waals surface area contributed by atoms with Crippen LogP contribution < -0.4 is 4.74 Å². The fourth-order valence-corrected chi connectivity index (χ4v) is 3.25. The van der Waals surface area contributed by atoms with Crippen LogP contribution in [0.5, 0.6) is 5.75 Å². The Morgan fingerprint density at radius 3 is 0.774 bits per heavy atom. The molecule has 33 heteroatoms. The summed E-state index contributed by atoms with van der Waals surface area (Å²) in [4.78, 5) is 22.0. The van der Waals surface area contributed by atoms with Gasteiger partial charge in [0.1, 0.15) is 11.1 Å². The fraction of sp³-hybridized carbons (Fsp3) is 0.600. The lowest BCUT2D eigenvalue weighted by Gasteiger charge is -2.45. The molecule has 0 aliphatic rings. The van der Waals surface area contributed by atoms with E-state index in [4.69, 9.17) is 10.2 Å². The highest BCUT2D eigenvalue weighted by Gasteiger charge is 3.00.